The van der Waals surface area contributed by atoms with E-state index in [1.54, 1.807) is 13.2 Å². The Morgan fingerprint density at radius 3 is 2.45 bits per heavy atom. The highest BCUT2D eigenvalue weighted by Crippen LogP contribution is 2.25. The topological polar surface area (TPSA) is 30.5 Å². The summed E-state index contributed by atoms with van der Waals surface area (Å²) in [5, 5.41) is 0.652. The zero-order chi connectivity index (χ0) is 14.4. The fourth-order valence-electron chi connectivity index (χ4n) is 1.76. The zero-order valence-corrected chi connectivity index (χ0v) is 12.1. The predicted molar refractivity (Wildman–Crippen MR) is 81.8 cm³/mol. The van der Waals surface area contributed by atoms with Crippen molar-refractivity contribution in [1.29, 1.82) is 0 Å². The van der Waals surface area contributed by atoms with E-state index in [9.17, 15) is 0 Å². The lowest BCUT2D eigenvalue weighted by molar-refractivity contribution is 0.136. The van der Waals surface area contributed by atoms with Gasteiger partial charge in [0.2, 0.25) is 0 Å². The van der Waals surface area contributed by atoms with E-state index < -0.39 is 0 Å². The predicted octanol–water partition coefficient (Wildman–Crippen LogP) is 4.64. The highest BCUT2D eigenvalue weighted by molar-refractivity contribution is 6.30. The summed E-state index contributed by atoms with van der Waals surface area (Å²) in [5.41, 5.74) is 4.75. The standard InChI is InChI=1S/C16H16ClNO2/c1-3-16(18-19-2)12-7-9-14(10-8-12)20-15-6-4-5-13(17)11-15/h3-11,18H,1-2H3. The number of hydrogen-bond acceptors (Lipinski definition) is 3. The number of halogens is 1. The summed E-state index contributed by atoms with van der Waals surface area (Å²) in [6, 6.07) is 15.0. The second-order valence-electron chi connectivity index (χ2n) is 4.09. The van der Waals surface area contributed by atoms with Gasteiger partial charge in [0.15, 0.2) is 0 Å². The minimum atomic E-state index is 0.652. The third-order valence-corrected chi connectivity index (χ3v) is 2.93. The van der Waals surface area contributed by atoms with E-state index in [1.807, 2.05) is 55.5 Å². The highest BCUT2D eigenvalue weighted by atomic mass is 35.5. The minimum absolute atomic E-state index is 0.652. The normalized spacial score (nSPS) is 11.2. The van der Waals surface area contributed by atoms with Gasteiger partial charge in [0, 0.05) is 5.02 Å². The van der Waals surface area contributed by atoms with Gasteiger partial charge in [-0.1, -0.05) is 23.7 Å². The van der Waals surface area contributed by atoms with Crippen LogP contribution in [0.5, 0.6) is 11.5 Å². The molecular formula is C16H16ClNO2. The maximum absolute atomic E-state index is 5.92. The molecule has 0 aliphatic heterocycles. The SMILES string of the molecule is CC=C(NOC)c1ccc(Oc2cccc(Cl)c2)cc1. The first-order valence-corrected chi connectivity index (χ1v) is 6.60. The van der Waals surface area contributed by atoms with Crippen LogP contribution in [0.1, 0.15) is 12.5 Å². The Bertz CT molecular complexity index is 594. The van der Waals surface area contributed by atoms with Gasteiger partial charge in [-0.15, -0.1) is 0 Å². The summed E-state index contributed by atoms with van der Waals surface area (Å²) in [4.78, 5) is 4.92. The van der Waals surface area contributed by atoms with E-state index in [1.165, 1.54) is 0 Å². The Kier molecular flexibility index (Phi) is 5.04. The lowest BCUT2D eigenvalue weighted by atomic mass is 10.1. The molecule has 2 aromatic carbocycles. The number of allylic oxidation sites excluding steroid dienone is 1. The van der Waals surface area contributed by atoms with Crippen molar-refractivity contribution in [2.45, 2.75) is 6.92 Å². The van der Waals surface area contributed by atoms with Gasteiger partial charge < -0.3 is 4.74 Å². The molecule has 0 fully saturated rings. The zero-order valence-electron chi connectivity index (χ0n) is 11.4. The second-order valence-corrected chi connectivity index (χ2v) is 4.53. The molecule has 2 rings (SSSR count). The van der Waals surface area contributed by atoms with Gasteiger partial charge in [-0.2, -0.15) is 0 Å². The summed E-state index contributed by atoms with van der Waals surface area (Å²) < 4.78 is 5.73. The maximum atomic E-state index is 5.92. The smallest absolute Gasteiger partial charge is 0.128 e. The van der Waals surface area contributed by atoms with Crippen LogP contribution in [0.15, 0.2) is 54.6 Å². The molecule has 0 heterocycles. The molecule has 0 unspecified atom stereocenters. The molecule has 0 aliphatic carbocycles. The van der Waals surface area contributed by atoms with Crippen LogP contribution in [0.2, 0.25) is 5.02 Å². The van der Waals surface area contributed by atoms with Gasteiger partial charge in [0.05, 0.1) is 12.8 Å². The summed E-state index contributed by atoms with van der Waals surface area (Å²) in [6.07, 6.45) is 1.94. The molecule has 3 nitrogen and oxygen atoms in total. The molecule has 104 valence electrons. The molecular weight excluding hydrogens is 274 g/mol. The van der Waals surface area contributed by atoms with Gasteiger partial charge >= 0.3 is 0 Å². The third kappa shape index (κ3) is 3.76. The van der Waals surface area contributed by atoms with Crippen molar-refractivity contribution >= 4 is 17.3 Å². The van der Waals surface area contributed by atoms with Crippen molar-refractivity contribution in [1.82, 2.24) is 5.48 Å². The summed E-state index contributed by atoms with van der Waals surface area (Å²) >= 11 is 5.92. The lowest BCUT2D eigenvalue weighted by Crippen LogP contribution is -2.09. The molecule has 0 saturated heterocycles. The molecule has 0 bridgehead atoms. The molecule has 0 aliphatic rings. The molecule has 4 heteroatoms. The van der Waals surface area contributed by atoms with Crippen LogP contribution in [-0.2, 0) is 4.84 Å². The average Bonchev–Trinajstić information content (AvgIpc) is 2.46. The van der Waals surface area contributed by atoms with Crippen molar-refractivity contribution in [2.75, 3.05) is 7.11 Å². The monoisotopic (exact) mass is 289 g/mol. The quantitative estimate of drug-likeness (QED) is 0.813. The van der Waals surface area contributed by atoms with E-state index in [-0.39, 0.29) is 0 Å². The molecule has 0 aromatic heterocycles. The van der Waals surface area contributed by atoms with Crippen molar-refractivity contribution in [3.05, 3.63) is 65.2 Å². The lowest BCUT2D eigenvalue weighted by Gasteiger charge is -2.10. The van der Waals surface area contributed by atoms with E-state index >= 15 is 0 Å². The molecule has 0 atom stereocenters. The largest absolute Gasteiger partial charge is 0.457 e. The number of ether oxygens (including phenoxy) is 1. The number of rotatable bonds is 5. The Morgan fingerprint density at radius 1 is 1.10 bits per heavy atom. The fraction of sp³-hybridized carbons (Fsp3) is 0.125. The summed E-state index contributed by atoms with van der Waals surface area (Å²) in [5.74, 6) is 1.47. The number of nitrogens with one attached hydrogen (secondary N) is 1. The fourth-order valence-corrected chi connectivity index (χ4v) is 1.94. The highest BCUT2D eigenvalue weighted by Gasteiger charge is 2.02. The van der Waals surface area contributed by atoms with Crippen LogP contribution < -0.4 is 10.2 Å². The van der Waals surface area contributed by atoms with Crippen LogP contribution >= 0.6 is 11.6 Å². The Hall–Kier alpha value is -1.97. The Labute approximate surface area is 123 Å². The number of hydrogen-bond donors (Lipinski definition) is 1. The number of hydroxylamine groups is 1. The van der Waals surface area contributed by atoms with Gasteiger partial charge in [0.1, 0.15) is 11.5 Å². The average molecular weight is 290 g/mol. The first-order chi connectivity index (χ1) is 9.72. The molecule has 20 heavy (non-hydrogen) atoms. The van der Waals surface area contributed by atoms with Crippen molar-refractivity contribution in [3.8, 4) is 11.5 Å². The Balaban J connectivity index is 2.12. The Morgan fingerprint density at radius 2 is 1.85 bits per heavy atom. The van der Waals surface area contributed by atoms with E-state index in [4.69, 9.17) is 21.2 Å². The molecule has 0 spiro atoms. The third-order valence-electron chi connectivity index (χ3n) is 2.70. The minimum Gasteiger partial charge on any atom is -0.457 e. The first-order valence-electron chi connectivity index (χ1n) is 6.22. The van der Waals surface area contributed by atoms with Crippen LogP contribution in [0.25, 0.3) is 5.70 Å². The second kappa shape index (κ2) is 6.98. The molecule has 0 saturated carbocycles. The molecule has 0 amide bonds. The first kappa shape index (κ1) is 14.4. The van der Waals surface area contributed by atoms with Gasteiger partial charge in [-0.25, -0.2) is 0 Å². The molecule has 0 radical (unpaired) electrons. The summed E-state index contributed by atoms with van der Waals surface area (Å²) in [6.45, 7) is 1.94. The van der Waals surface area contributed by atoms with Crippen LogP contribution in [0, 0.1) is 0 Å². The number of benzene rings is 2. The van der Waals surface area contributed by atoms with Gasteiger partial charge in [-0.3, -0.25) is 10.3 Å². The summed E-state index contributed by atoms with van der Waals surface area (Å²) in [7, 11) is 1.58. The van der Waals surface area contributed by atoms with E-state index in [0.717, 1.165) is 17.0 Å². The van der Waals surface area contributed by atoms with Crippen LogP contribution in [0.3, 0.4) is 0 Å². The molecule has 1 N–H and O–H groups in total. The van der Waals surface area contributed by atoms with Crippen molar-refractivity contribution in [3.63, 3.8) is 0 Å². The van der Waals surface area contributed by atoms with E-state index in [2.05, 4.69) is 5.48 Å². The van der Waals surface area contributed by atoms with Crippen LogP contribution in [-0.4, -0.2) is 7.11 Å². The van der Waals surface area contributed by atoms with Gasteiger partial charge in [-0.05, 0) is 55.0 Å². The van der Waals surface area contributed by atoms with E-state index in [0.29, 0.717) is 10.8 Å². The van der Waals surface area contributed by atoms with Crippen molar-refractivity contribution in [2.24, 2.45) is 0 Å². The van der Waals surface area contributed by atoms with Gasteiger partial charge in [0.25, 0.3) is 0 Å². The van der Waals surface area contributed by atoms with Crippen molar-refractivity contribution < 1.29 is 9.57 Å². The molecule has 2 aromatic rings. The maximum Gasteiger partial charge on any atom is 0.128 e. The van der Waals surface area contributed by atoms with Crippen LogP contribution in [0.4, 0.5) is 0 Å².